The maximum absolute atomic E-state index is 13.3. The van der Waals surface area contributed by atoms with Gasteiger partial charge in [0.15, 0.2) is 24.1 Å². The van der Waals surface area contributed by atoms with Crippen LogP contribution in [0, 0.1) is 0 Å². The van der Waals surface area contributed by atoms with E-state index in [4.69, 9.17) is 35.3 Å². The summed E-state index contributed by atoms with van der Waals surface area (Å²) in [4.78, 5) is 60.9. The molecule has 0 radical (unpaired) electrons. The summed E-state index contributed by atoms with van der Waals surface area (Å²) in [5.41, 5.74) is 0.275. The van der Waals surface area contributed by atoms with Crippen LogP contribution in [0.1, 0.15) is 55.3 Å². The Hall–Kier alpha value is -3.96. The van der Waals surface area contributed by atoms with Gasteiger partial charge in [0, 0.05) is 33.3 Å². The molecule has 39 heavy (non-hydrogen) atoms. The highest BCUT2D eigenvalue weighted by Gasteiger charge is 2.52. The van der Waals surface area contributed by atoms with Crippen molar-refractivity contribution in [2.24, 2.45) is 0 Å². The van der Waals surface area contributed by atoms with Gasteiger partial charge >= 0.3 is 23.9 Å². The molecule has 0 saturated carbocycles. The summed E-state index contributed by atoms with van der Waals surface area (Å²) in [5, 5.41) is 10.2. The Morgan fingerprint density at radius 2 is 1.38 bits per heavy atom. The molecule has 11 nitrogen and oxygen atoms in total. The van der Waals surface area contributed by atoms with E-state index in [0.29, 0.717) is 0 Å². The van der Waals surface area contributed by atoms with Crippen LogP contribution in [0.4, 0.5) is 0 Å². The van der Waals surface area contributed by atoms with E-state index in [2.05, 4.69) is 0 Å². The van der Waals surface area contributed by atoms with Gasteiger partial charge in [-0.15, -0.1) is 0 Å². The minimum atomic E-state index is -1.37. The van der Waals surface area contributed by atoms with Crippen LogP contribution in [0.3, 0.4) is 0 Å². The molecule has 0 aromatic heterocycles. The van der Waals surface area contributed by atoms with Crippen LogP contribution in [0.2, 0.25) is 5.02 Å². The molecule has 1 fully saturated rings. The highest BCUT2D eigenvalue weighted by molar-refractivity contribution is 6.35. The second kappa shape index (κ2) is 12.7. The third-order valence-corrected chi connectivity index (χ3v) is 6.03. The molecule has 1 saturated heterocycles. The second-order valence-electron chi connectivity index (χ2n) is 8.71. The number of aromatic hydroxyl groups is 1. The van der Waals surface area contributed by atoms with Crippen molar-refractivity contribution in [1.82, 2.24) is 0 Å². The Balaban J connectivity index is 2.13. The minimum Gasteiger partial charge on any atom is -0.507 e. The molecule has 0 spiro atoms. The highest BCUT2D eigenvalue weighted by Crippen LogP contribution is 2.39. The Kier molecular flexibility index (Phi) is 9.66. The zero-order valence-corrected chi connectivity index (χ0v) is 22.3. The van der Waals surface area contributed by atoms with E-state index < -0.39 is 66.8 Å². The van der Waals surface area contributed by atoms with Crippen molar-refractivity contribution in [1.29, 1.82) is 0 Å². The van der Waals surface area contributed by atoms with Crippen LogP contribution in [0.15, 0.2) is 42.5 Å². The Morgan fingerprint density at radius 3 is 1.97 bits per heavy atom. The summed E-state index contributed by atoms with van der Waals surface area (Å²) in [6.07, 6.45) is -6.40. The molecule has 5 atom stereocenters. The molecule has 0 bridgehead atoms. The molecule has 208 valence electrons. The van der Waals surface area contributed by atoms with Crippen LogP contribution in [0.25, 0.3) is 0 Å². The number of carbonyl (C=O) groups is 5. The lowest BCUT2D eigenvalue weighted by Crippen LogP contribution is -2.59. The molecular weight excluding hydrogens is 536 g/mol. The standard InChI is InChI=1S/C27H27ClO11/c1-13(29)35-12-22-25(36-14(2)30)27(38-16(4)32)26(37-15(3)31)24(39-22)17-9-10-20(28)19(11-17)23(34)18-7-5-6-8-21(18)33/h5-11,22,24-27,33H,12H2,1-4H3/t22-,24+,25-,26+,27+/m1/s1. The number of rotatable bonds is 8. The number of phenolic OH excluding ortho intramolecular Hbond substituents is 1. The van der Waals surface area contributed by atoms with Gasteiger partial charge in [0.2, 0.25) is 0 Å². The van der Waals surface area contributed by atoms with Crippen LogP contribution in [0.5, 0.6) is 5.75 Å². The summed E-state index contributed by atoms with van der Waals surface area (Å²) < 4.78 is 27.5. The molecule has 2 aromatic rings. The third kappa shape index (κ3) is 7.33. The zero-order chi connectivity index (χ0) is 28.9. The first kappa shape index (κ1) is 29.6. The molecule has 1 aliphatic rings. The molecule has 1 heterocycles. The summed E-state index contributed by atoms with van der Waals surface area (Å²) in [5.74, 6) is -3.78. The number of phenols is 1. The number of para-hydroxylation sites is 1. The van der Waals surface area contributed by atoms with Crippen LogP contribution >= 0.6 is 11.6 Å². The third-order valence-electron chi connectivity index (χ3n) is 5.70. The van der Waals surface area contributed by atoms with Crippen LogP contribution in [-0.2, 0) is 42.9 Å². The van der Waals surface area contributed by atoms with Gasteiger partial charge in [0.1, 0.15) is 24.6 Å². The first-order valence-corrected chi connectivity index (χ1v) is 12.2. The summed E-state index contributed by atoms with van der Waals surface area (Å²) in [6.45, 7) is 4.14. The lowest BCUT2D eigenvalue weighted by atomic mass is 9.89. The predicted octanol–water partition coefficient (Wildman–Crippen LogP) is 3.07. The monoisotopic (exact) mass is 562 g/mol. The van der Waals surface area contributed by atoms with Crippen molar-refractivity contribution >= 4 is 41.3 Å². The summed E-state index contributed by atoms with van der Waals surface area (Å²) in [7, 11) is 0. The number of hydrogen-bond donors (Lipinski definition) is 1. The topological polar surface area (TPSA) is 152 Å². The molecule has 1 N–H and O–H groups in total. The number of benzene rings is 2. The lowest BCUT2D eigenvalue weighted by Gasteiger charge is -2.44. The van der Waals surface area contributed by atoms with Crippen molar-refractivity contribution in [3.05, 3.63) is 64.2 Å². The molecule has 12 heteroatoms. The molecule has 0 amide bonds. The SMILES string of the molecule is CC(=O)OC[C@H]1O[C@@H](c2ccc(Cl)c(C(=O)c3ccccc3O)c2)[C@H](OC(C)=O)[C@@H](OC(C)=O)[C@@H]1OC(C)=O. The van der Waals surface area contributed by atoms with Gasteiger partial charge in [-0.3, -0.25) is 24.0 Å². The lowest BCUT2D eigenvalue weighted by molar-refractivity contribution is -0.254. The molecule has 1 aliphatic heterocycles. The van der Waals surface area contributed by atoms with Crippen molar-refractivity contribution < 1.29 is 52.8 Å². The van der Waals surface area contributed by atoms with Gasteiger partial charge in [-0.1, -0.05) is 29.8 Å². The quantitative estimate of drug-likeness (QED) is 0.287. The van der Waals surface area contributed by atoms with Crippen molar-refractivity contribution in [2.45, 2.75) is 58.2 Å². The molecule has 2 aromatic carbocycles. The summed E-state index contributed by atoms with van der Waals surface area (Å²) >= 11 is 6.33. The van der Waals surface area contributed by atoms with Gasteiger partial charge in [0.05, 0.1) is 10.6 Å². The maximum atomic E-state index is 13.3. The number of esters is 4. The van der Waals surface area contributed by atoms with Gasteiger partial charge in [-0.05, 0) is 29.8 Å². The van der Waals surface area contributed by atoms with Crippen LogP contribution < -0.4 is 0 Å². The number of carbonyl (C=O) groups excluding carboxylic acids is 5. The van der Waals surface area contributed by atoms with E-state index in [-0.39, 0.29) is 27.5 Å². The maximum Gasteiger partial charge on any atom is 0.303 e. The minimum absolute atomic E-state index is 0.00176. The fourth-order valence-corrected chi connectivity index (χ4v) is 4.40. The Labute approximate surface area is 228 Å². The van der Waals surface area contributed by atoms with Crippen molar-refractivity contribution in [3.8, 4) is 5.75 Å². The average molecular weight is 563 g/mol. The average Bonchev–Trinajstić information content (AvgIpc) is 2.85. The molecular formula is C27H27ClO11. The van der Waals surface area contributed by atoms with E-state index in [9.17, 15) is 29.1 Å². The predicted molar refractivity (Wildman–Crippen MR) is 134 cm³/mol. The normalized spacial score (nSPS) is 22.3. The van der Waals surface area contributed by atoms with Gasteiger partial charge in [0.25, 0.3) is 0 Å². The zero-order valence-electron chi connectivity index (χ0n) is 21.5. The Bertz CT molecular complexity index is 1270. The smallest absolute Gasteiger partial charge is 0.303 e. The largest absolute Gasteiger partial charge is 0.507 e. The van der Waals surface area contributed by atoms with E-state index in [1.165, 1.54) is 37.3 Å². The number of halogens is 1. The molecule has 0 unspecified atom stereocenters. The number of ketones is 1. The van der Waals surface area contributed by atoms with Gasteiger partial charge in [-0.25, -0.2) is 0 Å². The first-order valence-electron chi connectivity index (χ1n) is 11.8. The number of hydrogen-bond acceptors (Lipinski definition) is 11. The second-order valence-corrected chi connectivity index (χ2v) is 9.11. The Morgan fingerprint density at radius 1 is 0.795 bits per heavy atom. The fourth-order valence-electron chi connectivity index (χ4n) is 4.20. The first-order chi connectivity index (χ1) is 18.4. The fraction of sp³-hybridized carbons (Fsp3) is 0.370. The van der Waals surface area contributed by atoms with E-state index >= 15 is 0 Å². The summed E-state index contributed by atoms with van der Waals surface area (Å²) in [6, 6.07) is 10.2. The van der Waals surface area contributed by atoms with Crippen LogP contribution in [-0.4, -0.2) is 65.8 Å². The molecule has 0 aliphatic carbocycles. The van der Waals surface area contributed by atoms with Crippen molar-refractivity contribution in [3.63, 3.8) is 0 Å². The molecule has 3 rings (SSSR count). The van der Waals surface area contributed by atoms with E-state index in [1.807, 2.05) is 0 Å². The van der Waals surface area contributed by atoms with Crippen molar-refractivity contribution in [2.75, 3.05) is 6.61 Å². The van der Waals surface area contributed by atoms with E-state index in [0.717, 1.165) is 20.8 Å². The highest BCUT2D eigenvalue weighted by atomic mass is 35.5. The van der Waals surface area contributed by atoms with Gasteiger partial charge < -0.3 is 28.8 Å². The van der Waals surface area contributed by atoms with Gasteiger partial charge in [-0.2, -0.15) is 0 Å². The number of ether oxygens (including phenoxy) is 5. The van der Waals surface area contributed by atoms with E-state index in [1.54, 1.807) is 12.1 Å².